The van der Waals surface area contributed by atoms with Crippen molar-refractivity contribution in [2.45, 2.75) is 31.8 Å². The second kappa shape index (κ2) is 8.88. The minimum Gasteiger partial charge on any atom is -0.481 e. The Morgan fingerprint density at radius 3 is 2.50 bits per heavy atom. The first kappa shape index (κ1) is 21.6. The number of rotatable bonds is 7. The summed E-state index contributed by atoms with van der Waals surface area (Å²) in [5, 5.41) is 9.43. The van der Waals surface area contributed by atoms with Crippen molar-refractivity contribution in [3.63, 3.8) is 0 Å². The first-order chi connectivity index (χ1) is 15.3. The van der Waals surface area contributed by atoms with Crippen LogP contribution in [0.1, 0.15) is 24.8 Å². The average Bonchev–Trinajstić information content (AvgIpc) is 3.34. The summed E-state index contributed by atoms with van der Waals surface area (Å²) < 4.78 is 10.7. The van der Waals surface area contributed by atoms with E-state index in [-0.39, 0.29) is 32.6 Å². The van der Waals surface area contributed by atoms with E-state index in [4.69, 9.17) is 26.2 Å². The molecule has 0 bridgehead atoms. The molecular weight excluding hydrogens is 440 g/mol. The highest BCUT2D eigenvalue weighted by Crippen LogP contribution is 2.34. The molecule has 2 aromatic rings. The van der Waals surface area contributed by atoms with Gasteiger partial charge < -0.3 is 19.5 Å². The minimum absolute atomic E-state index is 0.00718. The number of benzene rings is 2. The van der Waals surface area contributed by atoms with Gasteiger partial charge in [-0.25, -0.2) is 4.90 Å². The summed E-state index contributed by atoms with van der Waals surface area (Å²) in [6, 6.07) is 10.3. The molecule has 9 nitrogen and oxygen atoms in total. The second-order valence-corrected chi connectivity index (χ2v) is 7.80. The van der Waals surface area contributed by atoms with Crippen LogP contribution in [0, 0.1) is 0 Å². The number of anilines is 1. The Balaban J connectivity index is 1.61. The molecule has 4 rings (SSSR count). The lowest BCUT2D eigenvalue weighted by Crippen LogP contribution is -2.45. The van der Waals surface area contributed by atoms with Crippen molar-refractivity contribution in [2.75, 3.05) is 11.7 Å². The van der Waals surface area contributed by atoms with Crippen LogP contribution >= 0.6 is 11.6 Å². The molecule has 166 valence electrons. The third-order valence-electron chi connectivity index (χ3n) is 5.25. The zero-order valence-electron chi connectivity index (χ0n) is 16.8. The summed E-state index contributed by atoms with van der Waals surface area (Å²) in [7, 11) is 0. The minimum atomic E-state index is -1.13. The molecule has 3 amide bonds. The molecule has 32 heavy (non-hydrogen) atoms. The van der Waals surface area contributed by atoms with Crippen molar-refractivity contribution < 1.29 is 33.8 Å². The summed E-state index contributed by atoms with van der Waals surface area (Å²) in [5.74, 6) is -1.59. The maximum atomic E-state index is 13.2. The summed E-state index contributed by atoms with van der Waals surface area (Å²) in [5.41, 5.74) is 1.01. The monoisotopic (exact) mass is 458 g/mol. The SMILES string of the molecule is O=C(O)CCC(=O)N(Cc1ccc2c(c1)OCO2)C1CC(=O)N(c2ccc(Cl)cc2)C1=O. The van der Waals surface area contributed by atoms with Gasteiger partial charge in [-0.3, -0.25) is 19.2 Å². The lowest BCUT2D eigenvalue weighted by Gasteiger charge is -2.28. The molecule has 0 saturated carbocycles. The van der Waals surface area contributed by atoms with Crippen molar-refractivity contribution in [1.82, 2.24) is 4.90 Å². The maximum absolute atomic E-state index is 13.2. The third-order valence-corrected chi connectivity index (χ3v) is 5.50. The molecule has 0 aromatic heterocycles. The smallest absolute Gasteiger partial charge is 0.303 e. The number of nitrogens with zero attached hydrogens (tertiary/aromatic N) is 2. The largest absolute Gasteiger partial charge is 0.481 e. The Morgan fingerprint density at radius 1 is 1.06 bits per heavy atom. The predicted octanol–water partition coefficient (Wildman–Crippen LogP) is 2.59. The van der Waals surface area contributed by atoms with E-state index in [1.165, 1.54) is 4.90 Å². The highest BCUT2D eigenvalue weighted by Gasteiger charge is 2.44. The van der Waals surface area contributed by atoms with Crippen LogP contribution in [-0.2, 0) is 25.7 Å². The van der Waals surface area contributed by atoms with Gasteiger partial charge in [-0.1, -0.05) is 17.7 Å². The molecule has 0 radical (unpaired) electrons. The molecule has 2 aromatic carbocycles. The first-order valence-corrected chi connectivity index (χ1v) is 10.2. The van der Waals surface area contributed by atoms with E-state index in [1.807, 2.05) is 0 Å². The fraction of sp³-hybridized carbons (Fsp3) is 0.273. The van der Waals surface area contributed by atoms with E-state index in [2.05, 4.69) is 0 Å². The van der Waals surface area contributed by atoms with E-state index in [0.717, 1.165) is 4.90 Å². The highest BCUT2D eigenvalue weighted by molar-refractivity contribution is 6.30. The molecule has 2 heterocycles. The number of halogens is 1. The van der Waals surface area contributed by atoms with Gasteiger partial charge in [-0.15, -0.1) is 0 Å². The number of fused-ring (bicyclic) bond motifs is 1. The van der Waals surface area contributed by atoms with Crippen LogP contribution in [0.2, 0.25) is 5.02 Å². The fourth-order valence-electron chi connectivity index (χ4n) is 3.69. The number of hydrogen-bond acceptors (Lipinski definition) is 6. The predicted molar refractivity (Wildman–Crippen MR) is 112 cm³/mol. The quantitative estimate of drug-likeness (QED) is 0.634. The average molecular weight is 459 g/mol. The lowest BCUT2D eigenvalue weighted by molar-refractivity contribution is -0.143. The van der Waals surface area contributed by atoms with Crippen LogP contribution in [0.3, 0.4) is 0 Å². The van der Waals surface area contributed by atoms with E-state index in [9.17, 15) is 19.2 Å². The van der Waals surface area contributed by atoms with Crippen LogP contribution < -0.4 is 14.4 Å². The molecule has 2 aliphatic heterocycles. The van der Waals surface area contributed by atoms with Gasteiger partial charge in [0.05, 0.1) is 18.5 Å². The topological polar surface area (TPSA) is 113 Å². The number of amides is 3. The summed E-state index contributed by atoms with van der Waals surface area (Å²) in [6.07, 6.45) is -0.879. The Bertz CT molecular complexity index is 1090. The normalized spacial score (nSPS) is 17.0. The van der Waals surface area contributed by atoms with Crippen LogP contribution in [0.25, 0.3) is 0 Å². The van der Waals surface area contributed by atoms with E-state index in [1.54, 1.807) is 42.5 Å². The molecule has 1 saturated heterocycles. The Hall–Kier alpha value is -3.59. The standard InChI is InChI=1S/C22H19ClN2O7/c23-14-2-4-15(5-3-14)25-20(27)10-16(22(25)30)24(19(26)7-8-21(28)29)11-13-1-6-17-18(9-13)32-12-31-17/h1-6,9,16H,7-8,10-12H2,(H,28,29). The number of carboxylic acids is 1. The van der Waals surface area contributed by atoms with Gasteiger partial charge in [-0.05, 0) is 42.0 Å². The highest BCUT2D eigenvalue weighted by atomic mass is 35.5. The maximum Gasteiger partial charge on any atom is 0.303 e. The first-order valence-electron chi connectivity index (χ1n) is 9.85. The number of hydrogen-bond donors (Lipinski definition) is 1. The van der Waals surface area contributed by atoms with Crippen molar-refractivity contribution >= 4 is 41.0 Å². The van der Waals surface area contributed by atoms with Gasteiger partial charge >= 0.3 is 5.97 Å². The van der Waals surface area contributed by atoms with E-state index in [0.29, 0.717) is 27.8 Å². The van der Waals surface area contributed by atoms with Gasteiger partial charge in [0.25, 0.3) is 5.91 Å². The summed E-state index contributed by atoms with van der Waals surface area (Å²) in [6.45, 7) is 0.0962. The molecule has 10 heteroatoms. The fourth-order valence-corrected chi connectivity index (χ4v) is 3.81. The molecule has 2 aliphatic rings. The molecule has 1 unspecified atom stereocenters. The molecule has 1 N–H and O–H groups in total. The zero-order chi connectivity index (χ0) is 22.8. The summed E-state index contributed by atoms with van der Waals surface area (Å²) in [4.78, 5) is 52.0. The Morgan fingerprint density at radius 2 is 1.78 bits per heavy atom. The van der Waals surface area contributed by atoms with Crippen LogP contribution in [0.5, 0.6) is 11.5 Å². The van der Waals surface area contributed by atoms with Gasteiger partial charge in [0, 0.05) is 18.0 Å². The second-order valence-electron chi connectivity index (χ2n) is 7.37. The zero-order valence-corrected chi connectivity index (χ0v) is 17.6. The summed E-state index contributed by atoms with van der Waals surface area (Å²) >= 11 is 5.89. The molecule has 1 atom stereocenters. The Kier molecular flexibility index (Phi) is 6.00. The van der Waals surface area contributed by atoms with E-state index >= 15 is 0 Å². The number of carbonyl (C=O) groups excluding carboxylic acids is 3. The Labute approximate surface area is 188 Å². The van der Waals surface area contributed by atoms with Crippen LogP contribution in [0.4, 0.5) is 5.69 Å². The molecule has 0 aliphatic carbocycles. The van der Waals surface area contributed by atoms with Crippen LogP contribution in [-0.4, -0.2) is 46.5 Å². The number of carbonyl (C=O) groups is 4. The molecule has 0 spiro atoms. The van der Waals surface area contributed by atoms with Crippen molar-refractivity contribution in [1.29, 1.82) is 0 Å². The number of ether oxygens (including phenoxy) is 2. The lowest BCUT2D eigenvalue weighted by atomic mass is 10.1. The number of imide groups is 1. The number of aliphatic carboxylic acids is 1. The van der Waals surface area contributed by atoms with Crippen molar-refractivity contribution in [2.24, 2.45) is 0 Å². The van der Waals surface area contributed by atoms with Crippen LogP contribution in [0.15, 0.2) is 42.5 Å². The number of carboxylic acid groups (broad SMARTS) is 1. The van der Waals surface area contributed by atoms with Gasteiger partial charge in [0.1, 0.15) is 6.04 Å². The van der Waals surface area contributed by atoms with Crippen molar-refractivity contribution in [3.8, 4) is 11.5 Å². The molecule has 1 fully saturated rings. The van der Waals surface area contributed by atoms with Crippen molar-refractivity contribution in [3.05, 3.63) is 53.1 Å². The van der Waals surface area contributed by atoms with Gasteiger partial charge in [0.2, 0.25) is 18.6 Å². The third kappa shape index (κ3) is 4.38. The van der Waals surface area contributed by atoms with E-state index < -0.39 is 29.7 Å². The van der Waals surface area contributed by atoms with Gasteiger partial charge in [-0.2, -0.15) is 0 Å². The molecular formula is C22H19ClN2O7. The van der Waals surface area contributed by atoms with Gasteiger partial charge in [0.15, 0.2) is 11.5 Å².